The molecule has 0 fully saturated rings. The van der Waals surface area contributed by atoms with Crippen molar-refractivity contribution in [2.75, 3.05) is 0 Å². The van der Waals surface area contributed by atoms with Gasteiger partial charge in [0.2, 0.25) is 0 Å². The molecule has 90 valence electrons. The second-order valence-corrected chi connectivity index (χ2v) is 7.49. The van der Waals surface area contributed by atoms with Crippen molar-refractivity contribution in [3.05, 3.63) is 53.6 Å². The fourth-order valence-corrected chi connectivity index (χ4v) is 4.22. The quantitative estimate of drug-likeness (QED) is 0.488. The highest BCUT2D eigenvalue weighted by molar-refractivity contribution is 9.10. The van der Waals surface area contributed by atoms with Gasteiger partial charge in [-0.05, 0) is 40.5 Å². The topological polar surface area (TPSA) is 0 Å². The summed E-state index contributed by atoms with van der Waals surface area (Å²) in [6.45, 7) is 2.05. The Morgan fingerprint density at radius 2 is 1.88 bits per heavy atom. The summed E-state index contributed by atoms with van der Waals surface area (Å²) in [4.78, 5) is 1.04. The SMILES string of the molecule is Cc1ccc(Br)c(C(Cl)c2cc(Br)c(Cl)s2)c1. The molecular formula is C12H8Br2Cl2S. The fraction of sp³-hybridized carbons (Fsp3) is 0.167. The van der Waals surface area contributed by atoms with Crippen LogP contribution in [0.1, 0.15) is 21.4 Å². The Morgan fingerprint density at radius 3 is 2.47 bits per heavy atom. The van der Waals surface area contributed by atoms with Crippen LogP contribution < -0.4 is 0 Å². The van der Waals surface area contributed by atoms with Gasteiger partial charge in [-0.25, -0.2) is 0 Å². The summed E-state index contributed by atoms with van der Waals surface area (Å²) in [5.74, 6) is 0. The van der Waals surface area contributed by atoms with Gasteiger partial charge in [0, 0.05) is 13.8 Å². The molecule has 1 unspecified atom stereocenters. The predicted molar refractivity (Wildman–Crippen MR) is 83.6 cm³/mol. The van der Waals surface area contributed by atoms with Gasteiger partial charge in [0.25, 0.3) is 0 Å². The van der Waals surface area contributed by atoms with E-state index >= 15 is 0 Å². The van der Waals surface area contributed by atoms with Crippen LogP contribution in [0.15, 0.2) is 33.2 Å². The summed E-state index contributed by atoms with van der Waals surface area (Å²) in [6, 6.07) is 8.13. The van der Waals surface area contributed by atoms with Crippen LogP contribution in [0.5, 0.6) is 0 Å². The van der Waals surface area contributed by atoms with E-state index in [9.17, 15) is 0 Å². The van der Waals surface area contributed by atoms with Crippen molar-refractivity contribution in [1.29, 1.82) is 0 Å². The summed E-state index contributed by atoms with van der Waals surface area (Å²) >= 11 is 21.0. The van der Waals surface area contributed by atoms with E-state index in [0.29, 0.717) is 0 Å². The van der Waals surface area contributed by atoms with Crippen LogP contribution in [-0.2, 0) is 0 Å². The van der Waals surface area contributed by atoms with Crippen molar-refractivity contribution in [1.82, 2.24) is 0 Å². The van der Waals surface area contributed by atoms with Crippen molar-refractivity contribution >= 4 is 66.4 Å². The second-order valence-electron chi connectivity index (χ2n) is 3.66. The normalized spacial score (nSPS) is 12.8. The van der Waals surface area contributed by atoms with E-state index in [-0.39, 0.29) is 5.38 Å². The molecule has 0 saturated heterocycles. The monoisotopic (exact) mass is 412 g/mol. The maximum atomic E-state index is 6.50. The van der Waals surface area contributed by atoms with Crippen molar-refractivity contribution in [2.45, 2.75) is 12.3 Å². The molecule has 2 aromatic rings. The fourth-order valence-electron chi connectivity index (χ4n) is 1.50. The van der Waals surface area contributed by atoms with Gasteiger partial charge < -0.3 is 0 Å². The Bertz CT molecular complexity index is 532. The molecule has 0 N–H and O–H groups in total. The van der Waals surface area contributed by atoms with E-state index in [1.807, 2.05) is 12.1 Å². The third kappa shape index (κ3) is 3.07. The van der Waals surface area contributed by atoms with Gasteiger partial charge in [-0.2, -0.15) is 0 Å². The van der Waals surface area contributed by atoms with Crippen LogP contribution in [-0.4, -0.2) is 0 Å². The third-order valence-electron chi connectivity index (χ3n) is 2.34. The highest BCUT2D eigenvalue weighted by Crippen LogP contribution is 2.42. The average Bonchev–Trinajstić information content (AvgIpc) is 2.62. The zero-order valence-corrected chi connectivity index (χ0v) is 14.3. The molecule has 0 aliphatic heterocycles. The summed E-state index contributed by atoms with van der Waals surface area (Å²) in [7, 11) is 0. The van der Waals surface area contributed by atoms with Crippen LogP contribution in [0.3, 0.4) is 0 Å². The molecule has 17 heavy (non-hydrogen) atoms. The predicted octanol–water partition coefficient (Wildman–Crippen LogP) is 6.56. The largest absolute Gasteiger partial charge is 0.125 e. The molecule has 1 atom stereocenters. The number of halogens is 4. The summed E-state index contributed by atoms with van der Waals surface area (Å²) in [5.41, 5.74) is 2.26. The number of benzene rings is 1. The molecule has 1 aromatic carbocycles. The number of hydrogen-bond donors (Lipinski definition) is 0. The van der Waals surface area contributed by atoms with Crippen LogP contribution >= 0.6 is 66.4 Å². The van der Waals surface area contributed by atoms with Crippen molar-refractivity contribution in [3.8, 4) is 0 Å². The van der Waals surface area contributed by atoms with E-state index in [0.717, 1.165) is 23.7 Å². The van der Waals surface area contributed by atoms with Crippen molar-refractivity contribution in [3.63, 3.8) is 0 Å². The Hall–Kier alpha value is 0.460. The van der Waals surface area contributed by atoms with E-state index in [4.69, 9.17) is 23.2 Å². The van der Waals surface area contributed by atoms with Gasteiger partial charge in [0.1, 0.15) is 4.34 Å². The first-order valence-electron chi connectivity index (χ1n) is 4.84. The highest BCUT2D eigenvalue weighted by atomic mass is 79.9. The molecule has 0 aliphatic carbocycles. The van der Waals surface area contributed by atoms with Gasteiger partial charge in [-0.1, -0.05) is 45.2 Å². The maximum absolute atomic E-state index is 6.50. The van der Waals surface area contributed by atoms with Gasteiger partial charge >= 0.3 is 0 Å². The number of aryl methyl sites for hydroxylation is 1. The molecule has 1 aromatic heterocycles. The average molecular weight is 415 g/mol. The molecule has 0 spiro atoms. The Labute approximate surface area is 131 Å². The minimum Gasteiger partial charge on any atom is -0.125 e. The first-order valence-corrected chi connectivity index (χ1v) is 8.05. The first kappa shape index (κ1) is 13.9. The van der Waals surface area contributed by atoms with Crippen LogP contribution in [0.25, 0.3) is 0 Å². The molecule has 0 bridgehead atoms. The van der Waals surface area contributed by atoms with E-state index < -0.39 is 0 Å². The zero-order valence-electron chi connectivity index (χ0n) is 8.81. The third-order valence-corrected chi connectivity index (χ3v) is 6.20. The number of thiophene rings is 1. The van der Waals surface area contributed by atoms with E-state index in [2.05, 4.69) is 50.9 Å². The summed E-state index contributed by atoms with van der Waals surface area (Å²) in [5, 5.41) is -0.182. The lowest BCUT2D eigenvalue weighted by Gasteiger charge is -2.10. The van der Waals surface area contributed by atoms with E-state index in [1.54, 1.807) is 0 Å². The van der Waals surface area contributed by atoms with Crippen LogP contribution in [0.4, 0.5) is 0 Å². The molecule has 0 saturated carbocycles. The standard InChI is InChI=1S/C12H8Br2Cl2S/c1-6-2-3-8(13)7(4-6)11(15)10-5-9(14)12(16)17-10/h2-5,11H,1H3. The molecule has 0 radical (unpaired) electrons. The van der Waals surface area contributed by atoms with Crippen LogP contribution in [0.2, 0.25) is 4.34 Å². The maximum Gasteiger partial charge on any atom is 0.107 e. The summed E-state index contributed by atoms with van der Waals surface area (Å²) in [6.07, 6.45) is 0. The van der Waals surface area contributed by atoms with Crippen molar-refractivity contribution < 1.29 is 0 Å². The van der Waals surface area contributed by atoms with Gasteiger partial charge in [-0.15, -0.1) is 22.9 Å². The minimum absolute atomic E-state index is 0.182. The molecule has 0 aliphatic rings. The van der Waals surface area contributed by atoms with Gasteiger partial charge in [-0.3, -0.25) is 0 Å². The Morgan fingerprint density at radius 1 is 1.18 bits per heavy atom. The smallest absolute Gasteiger partial charge is 0.107 e. The van der Waals surface area contributed by atoms with Crippen molar-refractivity contribution in [2.24, 2.45) is 0 Å². The number of alkyl halides is 1. The van der Waals surface area contributed by atoms with E-state index in [1.165, 1.54) is 16.9 Å². The van der Waals surface area contributed by atoms with Gasteiger partial charge in [0.05, 0.1) is 5.38 Å². The van der Waals surface area contributed by atoms with Gasteiger partial charge in [0.15, 0.2) is 0 Å². The second kappa shape index (κ2) is 5.62. The van der Waals surface area contributed by atoms with Crippen LogP contribution in [0, 0.1) is 6.92 Å². The lowest BCUT2D eigenvalue weighted by Crippen LogP contribution is -1.92. The Balaban J connectivity index is 2.42. The number of hydrogen-bond acceptors (Lipinski definition) is 1. The number of rotatable bonds is 2. The molecule has 0 amide bonds. The molecule has 1 heterocycles. The summed E-state index contributed by atoms with van der Waals surface area (Å²) < 4.78 is 2.65. The lowest BCUT2D eigenvalue weighted by atomic mass is 10.1. The lowest BCUT2D eigenvalue weighted by molar-refractivity contribution is 1.16. The Kier molecular flexibility index (Phi) is 4.59. The molecule has 2 rings (SSSR count). The zero-order chi connectivity index (χ0) is 12.6. The molecule has 5 heteroatoms. The highest BCUT2D eigenvalue weighted by Gasteiger charge is 2.17. The minimum atomic E-state index is -0.182. The molecular weight excluding hydrogens is 407 g/mol. The molecule has 0 nitrogen and oxygen atoms in total. The first-order chi connectivity index (χ1) is 7.99.